The van der Waals surface area contributed by atoms with Gasteiger partial charge in [-0.05, 0) is 35.7 Å². The van der Waals surface area contributed by atoms with E-state index in [4.69, 9.17) is 0 Å². The molecular formula is C21H23FN4O5S. The number of aromatic hydroxyl groups is 1. The molecule has 0 bridgehead atoms. The summed E-state index contributed by atoms with van der Waals surface area (Å²) in [4.78, 5) is 29.5. The highest BCUT2D eigenvalue weighted by molar-refractivity contribution is 7.88. The highest BCUT2D eigenvalue weighted by atomic mass is 32.2. The van der Waals surface area contributed by atoms with Crippen LogP contribution in [-0.4, -0.2) is 59.7 Å². The fourth-order valence-corrected chi connectivity index (χ4v) is 3.57. The highest BCUT2D eigenvalue weighted by Gasteiger charge is 2.22. The zero-order chi connectivity index (χ0) is 23.6. The molecule has 170 valence electrons. The van der Waals surface area contributed by atoms with E-state index in [0.717, 1.165) is 21.7 Å². The van der Waals surface area contributed by atoms with Crippen LogP contribution >= 0.6 is 0 Å². The molecule has 9 nitrogen and oxygen atoms in total. The van der Waals surface area contributed by atoms with Gasteiger partial charge in [-0.2, -0.15) is 0 Å². The fraction of sp³-hybridized carbons (Fsp3) is 0.286. The molecule has 32 heavy (non-hydrogen) atoms. The molecule has 0 radical (unpaired) electrons. The lowest BCUT2D eigenvalue weighted by Gasteiger charge is -2.15. The number of carbonyl (C=O) groups excluding carboxylic acids is 1. The van der Waals surface area contributed by atoms with Gasteiger partial charge in [0.2, 0.25) is 10.0 Å². The van der Waals surface area contributed by atoms with Gasteiger partial charge < -0.3 is 15.0 Å². The van der Waals surface area contributed by atoms with Crippen LogP contribution < -0.4 is 10.9 Å². The van der Waals surface area contributed by atoms with E-state index < -0.39 is 32.8 Å². The van der Waals surface area contributed by atoms with Gasteiger partial charge in [0, 0.05) is 33.4 Å². The Kier molecular flexibility index (Phi) is 6.60. The van der Waals surface area contributed by atoms with Crippen molar-refractivity contribution in [3.8, 4) is 5.75 Å². The Morgan fingerprint density at radius 1 is 1.25 bits per heavy atom. The second-order valence-corrected chi connectivity index (χ2v) is 9.53. The molecule has 2 heterocycles. The van der Waals surface area contributed by atoms with E-state index in [2.05, 4.69) is 10.3 Å². The van der Waals surface area contributed by atoms with Crippen molar-refractivity contribution < 1.29 is 22.7 Å². The summed E-state index contributed by atoms with van der Waals surface area (Å²) >= 11 is 0. The van der Waals surface area contributed by atoms with Crippen molar-refractivity contribution in [2.75, 3.05) is 26.4 Å². The lowest BCUT2D eigenvalue weighted by atomic mass is 10.1. The molecule has 0 atom stereocenters. The number of amides is 1. The molecule has 1 amide bonds. The van der Waals surface area contributed by atoms with Crippen LogP contribution in [0.5, 0.6) is 5.75 Å². The maximum atomic E-state index is 13.1. The number of aromatic nitrogens is 2. The van der Waals surface area contributed by atoms with Crippen LogP contribution in [0.2, 0.25) is 0 Å². The van der Waals surface area contributed by atoms with Crippen LogP contribution in [0.4, 0.5) is 4.39 Å². The number of likely N-dealkylation sites (N-methyl/N-ethyl adjacent to an activating group) is 1. The fourth-order valence-electron chi connectivity index (χ4n) is 3.15. The van der Waals surface area contributed by atoms with E-state index in [9.17, 15) is 27.5 Å². The standard InChI is InChI=1S/C21H23FN4O5S/c1-25(32(3,30)31)9-8-23-20(28)17-19(27)18-16(26(2)21(17)29)11-14(12-24-18)10-13-4-6-15(22)7-5-13/h4-7,11-12,27H,8-10H2,1-3H3,(H,23,28). The third-order valence-electron chi connectivity index (χ3n) is 5.09. The Bertz CT molecular complexity index is 1340. The molecule has 0 unspecified atom stereocenters. The van der Waals surface area contributed by atoms with Gasteiger partial charge in [-0.1, -0.05) is 12.1 Å². The maximum absolute atomic E-state index is 13.1. The van der Waals surface area contributed by atoms with Gasteiger partial charge in [-0.25, -0.2) is 17.1 Å². The molecule has 11 heteroatoms. The van der Waals surface area contributed by atoms with Gasteiger partial charge in [0.15, 0.2) is 5.75 Å². The molecule has 0 aliphatic heterocycles. The SMILES string of the molecule is CN(CCNC(=O)c1c(O)c2ncc(Cc3ccc(F)cc3)cc2n(C)c1=O)S(C)(=O)=O. The number of hydrogen-bond donors (Lipinski definition) is 2. The summed E-state index contributed by atoms with van der Waals surface area (Å²) in [6, 6.07) is 7.67. The minimum atomic E-state index is -3.41. The first-order valence-corrected chi connectivity index (χ1v) is 11.5. The van der Waals surface area contributed by atoms with E-state index in [1.807, 2.05) is 0 Å². The molecular weight excluding hydrogens is 439 g/mol. The van der Waals surface area contributed by atoms with Crippen molar-refractivity contribution in [3.63, 3.8) is 0 Å². The number of sulfonamides is 1. The summed E-state index contributed by atoms with van der Waals surface area (Å²) in [6.07, 6.45) is 2.99. The van der Waals surface area contributed by atoms with Gasteiger partial charge in [0.05, 0.1) is 11.8 Å². The van der Waals surface area contributed by atoms with Crippen LogP contribution in [0.3, 0.4) is 0 Å². The molecule has 0 aliphatic carbocycles. The van der Waals surface area contributed by atoms with Gasteiger partial charge in [-0.15, -0.1) is 0 Å². The number of halogens is 1. The quantitative estimate of drug-likeness (QED) is 0.540. The van der Waals surface area contributed by atoms with Crippen molar-refractivity contribution in [2.45, 2.75) is 6.42 Å². The zero-order valence-corrected chi connectivity index (χ0v) is 18.6. The average molecular weight is 463 g/mol. The van der Waals surface area contributed by atoms with Crippen molar-refractivity contribution in [1.82, 2.24) is 19.2 Å². The molecule has 2 N–H and O–H groups in total. The number of hydrogen-bond acceptors (Lipinski definition) is 6. The van der Waals surface area contributed by atoms with Crippen LogP contribution in [0.25, 0.3) is 11.0 Å². The van der Waals surface area contributed by atoms with Crippen LogP contribution in [0, 0.1) is 5.82 Å². The normalized spacial score (nSPS) is 11.8. The number of aryl methyl sites for hydroxylation is 1. The Morgan fingerprint density at radius 3 is 2.53 bits per heavy atom. The number of carbonyl (C=O) groups is 1. The van der Waals surface area contributed by atoms with Gasteiger partial charge in [-0.3, -0.25) is 14.6 Å². The monoisotopic (exact) mass is 462 g/mol. The third-order valence-corrected chi connectivity index (χ3v) is 6.41. The van der Waals surface area contributed by atoms with Crippen molar-refractivity contribution >= 4 is 27.0 Å². The number of fused-ring (bicyclic) bond motifs is 1. The Morgan fingerprint density at radius 2 is 1.91 bits per heavy atom. The molecule has 1 aromatic carbocycles. The minimum absolute atomic E-state index is 0.00419. The summed E-state index contributed by atoms with van der Waals surface area (Å²) in [5.41, 5.74) is 0.802. The second kappa shape index (κ2) is 9.05. The summed E-state index contributed by atoms with van der Waals surface area (Å²) in [7, 11) is -0.585. The lowest BCUT2D eigenvalue weighted by molar-refractivity contribution is 0.0947. The Hall–Kier alpha value is -3.31. The largest absolute Gasteiger partial charge is 0.505 e. The second-order valence-electron chi connectivity index (χ2n) is 7.44. The minimum Gasteiger partial charge on any atom is -0.505 e. The van der Waals surface area contributed by atoms with E-state index >= 15 is 0 Å². The van der Waals surface area contributed by atoms with Crippen LogP contribution in [0.1, 0.15) is 21.5 Å². The molecule has 3 aromatic rings. The van der Waals surface area contributed by atoms with Gasteiger partial charge in [0.1, 0.15) is 16.9 Å². The van der Waals surface area contributed by atoms with Gasteiger partial charge in [0.25, 0.3) is 11.5 Å². The highest BCUT2D eigenvalue weighted by Crippen LogP contribution is 2.25. The number of nitrogens with one attached hydrogen (secondary N) is 1. The zero-order valence-electron chi connectivity index (χ0n) is 17.8. The number of rotatable bonds is 7. The number of nitrogens with zero attached hydrogens (tertiary/aromatic N) is 3. The predicted molar refractivity (Wildman–Crippen MR) is 118 cm³/mol. The molecule has 0 saturated carbocycles. The first kappa shape index (κ1) is 23.4. The first-order valence-electron chi connectivity index (χ1n) is 9.63. The topological polar surface area (TPSA) is 122 Å². The Balaban J connectivity index is 1.88. The van der Waals surface area contributed by atoms with E-state index in [1.54, 1.807) is 18.2 Å². The van der Waals surface area contributed by atoms with E-state index in [1.165, 1.54) is 37.0 Å². The summed E-state index contributed by atoms with van der Waals surface area (Å²) in [5, 5.41) is 13.0. The molecule has 0 spiro atoms. The van der Waals surface area contributed by atoms with Gasteiger partial charge >= 0.3 is 0 Å². The van der Waals surface area contributed by atoms with Crippen LogP contribution in [0.15, 0.2) is 41.3 Å². The maximum Gasteiger partial charge on any atom is 0.267 e. The smallest absolute Gasteiger partial charge is 0.267 e. The summed E-state index contributed by atoms with van der Waals surface area (Å²) in [5.74, 6) is -1.72. The van der Waals surface area contributed by atoms with Crippen LogP contribution in [-0.2, 0) is 23.5 Å². The molecule has 2 aromatic heterocycles. The van der Waals surface area contributed by atoms with Crippen molar-refractivity contribution in [1.29, 1.82) is 0 Å². The van der Waals surface area contributed by atoms with E-state index in [-0.39, 0.29) is 24.4 Å². The van der Waals surface area contributed by atoms with E-state index in [0.29, 0.717) is 11.9 Å². The van der Waals surface area contributed by atoms with Crippen molar-refractivity contribution in [2.24, 2.45) is 7.05 Å². The van der Waals surface area contributed by atoms with Crippen molar-refractivity contribution in [3.05, 3.63) is 69.4 Å². The average Bonchev–Trinajstić information content (AvgIpc) is 2.73. The summed E-state index contributed by atoms with van der Waals surface area (Å²) in [6.45, 7) is -0.0443. The first-order chi connectivity index (χ1) is 15.0. The predicted octanol–water partition coefficient (Wildman–Crippen LogP) is 0.990. The molecule has 3 rings (SSSR count). The number of pyridine rings is 2. The lowest BCUT2D eigenvalue weighted by Crippen LogP contribution is -2.38. The molecule has 0 aliphatic rings. The third kappa shape index (κ3) is 4.94. The molecule has 0 saturated heterocycles. The Labute approximate surface area is 184 Å². The number of benzene rings is 1. The molecule has 0 fully saturated rings. The summed E-state index contributed by atoms with van der Waals surface area (Å²) < 4.78 is 38.2.